The number of hydrogen-bond donors (Lipinski definition) is 1. The number of hydrogen-bond acceptors (Lipinski definition) is 4. The van der Waals surface area contributed by atoms with Crippen molar-refractivity contribution in [3.63, 3.8) is 0 Å². The van der Waals surface area contributed by atoms with Crippen molar-refractivity contribution in [3.8, 4) is 0 Å². The normalized spacial score (nSPS) is 23.4. The first-order valence-electron chi connectivity index (χ1n) is 14.0. The highest BCUT2D eigenvalue weighted by Gasteiger charge is 2.44. The molecule has 1 amide bonds. The van der Waals surface area contributed by atoms with E-state index in [0.29, 0.717) is 37.6 Å². The number of piperazine rings is 1. The molecule has 7 heteroatoms. The Hall–Kier alpha value is -2.41. The summed E-state index contributed by atoms with van der Waals surface area (Å²) >= 11 is 6.15. The van der Waals surface area contributed by atoms with E-state index in [4.69, 9.17) is 11.6 Å². The molecule has 2 aromatic rings. The van der Waals surface area contributed by atoms with Crippen LogP contribution in [-0.2, 0) is 28.9 Å². The lowest BCUT2D eigenvalue weighted by atomic mass is 9.88. The van der Waals surface area contributed by atoms with E-state index in [-0.39, 0.29) is 23.3 Å². The van der Waals surface area contributed by atoms with E-state index in [9.17, 15) is 14.7 Å². The van der Waals surface area contributed by atoms with Crippen LogP contribution in [0.15, 0.2) is 42.5 Å². The molecule has 1 aliphatic carbocycles. The van der Waals surface area contributed by atoms with Crippen molar-refractivity contribution >= 4 is 23.5 Å². The van der Waals surface area contributed by atoms with E-state index in [1.807, 2.05) is 34.1 Å². The Morgan fingerprint density at radius 2 is 1.66 bits per heavy atom. The van der Waals surface area contributed by atoms with Crippen molar-refractivity contribution in [1.29, 1.82) is 0 Å². The van der Waals surface area contributed by atoms with Gasteiger partial charge < -0.3 is 10.0 Å². The molecular formula is C31H40ClN3O3. The van der Waals surface area contributed by atoms with E-state index < -0.39 is 12.0 Å². The number of nitrogens with zero attached hydrogens (tertiary/aromatic N) is 3. The molecular weight excluding hydrogens is 498 g/mol. The van der Waals surface area contributed by atoms with Crippen LogP contribution in [0.1, 0.15) is 55.4 Å². The van der Waals surface area contributed by atoms with Crippen LogP contribution in [-0.4, -0.2) is 82.5 Å². The Kier molecular flexibility index (Phi) is 7.86. The summed E-state index contributed by atoms with van der Waals surface area (Å²) in [5, 5.41) is 10.8. The summed E-state index contributed by atoms with van der Waals surface area (Å²) in [5.41, 5.74) is 5.00. The SMILES string of the molecule is CC(C)(C)N1CC(C(=O)N2CCN([C@@H](Cc3ccc4c(c3)CCC4)C(=O)O)CC2)C(c2ccc(Cl)cc2)C1. The first-order chi connectivity index (χ1) is 18.1. The number of carbonyl (C=O) groups excluding carboxylic acids is 1. The maximum atomic E-state index is 13.9. The van der Waals surface area contributed by atoms with Crippen LogP contribution >= 0.6 is 11.6 Å². The number of carboxylic acids is 1. The van der Waals surface area contributed by atoms with Gasteiger partial charge in [0.2, 0.25) is 5.91 Å². The van der Waals surface area contributed by atoms with Crippen LogP contribution in [0, 0.1) is 5.92 Å². The smallest absolute Gasteiger partial charge is 0.321 e. The van der Waals surface area contributed by atoms with E-state index >= 15 is 0 Å². The van der Waals surface area contributed by atoms with Crippen LogP contribution in [0.2, 0.25) is 5.02 Å². The van der Waals surface area contributed by atoms with Gasteiger partial charge in [0.15, 0.2) is 0 Å². The summed E-state index contributed by atoms with van der Waals surface area (Å²) in [6, 6.07) is 13.8. The van der Waals surface area contributed by atoms with Crippen molar-refractivity contribution in [2.75, 3.05) is 39.3 Å². The quantitative estimate of drug-likeness (QED) is 0.588. The number of likely N-dealkylation sites (tertiary alicyclic amines) is 1. The van der Waals surface area contributed by atoms with Gasteiger partial charge in [-0.25, -0.2) is 0 Å². The molecule has 3 aliphatic rings. The second kappa shape index (κ2) is 11.0. The average Bonchev–Trinajstić information content (AvgIpc) is 3.54. The lowest BCUT2D eigenvalue weighted by molar-refractivity contribution is -0.145. The molecule has 38 heavy (non-hydrogen) atoms. The highest BCUT2D eigenvalue weighted by molar-refractivity contribution is 6.30. The third-order valence-corrected chi connectivity index (χ3v) is 9.08. The number of carboxylic acid groups (broad SMARTS) is 1. The Balaban J connectivity index is 1.25. The standard InChI is InChI=1S/C31H40ClN3O3/c1-31(2,3)35-19-26(23-9-11-25(32)12-10-23)27(20-35)29(36)34-15-13-33(14-16-34)28(30(37)38)18-21-7-8-22-5-4-6-24(22)17-21/h7-12,17,26-28H,4-6,13-16,18-20H2,1-3H3,(H,37,38)/t26?,27?,28-/m0/s1. The fourth-order valence-corrected chi connectivity index (χ4v) is 6.61. The second-order valence-electron chi connectivity index (χ2n) is 12.2. The van der Waals surface area contributed by atoms with Crippen LogP contribution in [0.25, 0.3) is 0 Å². The number of amides is 1. The number of aliphatic carboxylic acids is 1. The van der Waals surface area contributed by atoms with E-state index in [2.05, 4.69) is 43.9 Å². The molecule has 0 aromatic heterocycles. The monoisotopic (exact) mass is 537 g/mol. The van der Waals surface area contributed by atoms with Crippen molar-refractivity contribution in [1.82, 2.24) is 14.7 Å². The summed E-state index contributed by atoms with van der Waals surface area (Å²) in [6.45, 7) is 10.4. The lowest BCUT2D eigenvalue weighted by Gasteiger charge is -2.39. The first kappa shape index (κ1) is 27.2. The molecule has 0 spiro atoms. The minimum atomic E-state index is -0.787. The summed E-state index contributed by atoms with van der Waals surface area (Å²) in [6.07, 6.45) is 3.90. The average molecular weight is 538 g/mol. The Morgan fingerprint density at radius 1 is 0.974 bits per heavy atom. The zero-order valence-corrected chi connectivity index (χ0v) is 23.6. The molecule has 2 aromatic carbocycles. The summed E-state index contributed by atoms with van der Waals surface area (Å²) in [4.78, 5) is 32.6. The van der Waals surface area contributed by atoms with Gasteiger partial charge in [0.25, 0.3) is 0 Å². The van der Waals surface area contributed by atoms with Crippen molar-refractivity contribution in [3.05, 3.63) is 69.7 Å². The summed E-state index contributed by atoms with van der Waals surface area (Å²) < 4.78 is 0. The van der Waals surface area contributed by atoms with Gasteiger partial charge in [0.05, 0.1) is 5.92 Å². The van der Waals surface area contributed by atoms with Crippen molar-refractivity contribution in [2.24, 2.45) is 5.92 Å². The maximum absolute atomic E-state index is 13.9. The van der Waals surface area contributed by atoms with Crippen LogP contribution in [0.3, 0.4) is 0 Å². The van der Waals surface area contributed by atoms with Gasteiger partial charge in [-0.05, 0) is 80.8 Å². The highest BCUT2D eigenvalue weighted by Crippen LogP contribution is 2.38. The summed E-state index contributed by atoms with van der Waals surface area (Å²) in [7, 11) is 0. The fourth-order valence-electron chi connectivity index (χ4n) is 6.49. The minimum absolute atomic E-state index is 0.0231. The predicted octanol–water partition coefficient (Wildman–Crippen LogP) is 4.48. The topological polar surface area (TPSA) is 64.1 Å². The third-order valence-electron chi connectivity index (χ3n) is 8.83. The van der Waals surface area contributed by atoms with Gasteiger partial charge in [0, 0.05) is 55.7 Å². The molecule has 2 saturated heterocycles. The third kappa shape index (κ3) is 5.78. The van der Waals surface area contributed by atoms with E-state index in [0.717, 1.165) is 37.1 Å². The summed E-state index contributed by atoms with van der Waals surface area (Å²) in [5.74, 6) is -0.612. The molecule has 2 heterocycles. The Labute approximate surface area is 231 Å². The van der Waals surface area contributed by atoms with Gasteiger partial charge in [-0.3, -0.25) is 19.4 Å². The highest BCUT2D eigenvalue weighted by atomic mass is 35.5. The molecule has 6 nitrogen and oxygen atoms in total. The van der Waals surface area contributed by atoms with Crippen LogP contribution in [0.5, 0.6) is 0 Å². The Bertz CT molecular complexity index is 1170. The molecule has 2 fully saturated rings. The molecule has 0 bridgehead atoms. The lowest BCUT2D eigenvalue weighted by Crippen LogP contribution is -2.56. The number of fused-ring (bicyclic) bond motifs is 1. The van der Waals surface area contributed by atoms with E-state index in [1.54, 1.807) is 0 Å². The molecule has 1 N–H and O–H groups in total. The number of carbonyl (C=O) groups is 2. The molecule has 5 rings (SSSR count). The zero-order valence-electron chi connectivity index (χ0n) is 22.8. The zero-order chi connectivity index (χ0) is 27.0. The van der Waals surface area contributed by atoms with Gasteiger partial charge in [-0.15, -0.1) is 0 Å². The number of benzene rings is 2. The largest absolute Gasteiger partial charge is 0.480 e. The predicted molar refractivity (Wildman–Crippen MR) is 151 cm³/mol. The minimum Gasteiger partial charge on any atom is -0.480 e. The van der Waals surface area contributed by atoms with Gasteiger partial charge >= 0.3 is 5.97 Å². The van der Waals surface area contributed by atoms with Crippen LogP contribution < -0.4 is 0 Å². The van der Waals surface area contributed by atoms with Crippen LogP contribution in [0.4, 0.5) is 0 Å². The number of rotatable bonds is 6. The molecule has 2 unspecified atom stereocenters. The fraction of sp³-hybridized carbons (Fsp3) is 0.548. The number of halogens is 1. The maximum Gasteiger partial charge on any atom is 0.321 e. The molecule has 3 atom stereocenters. The molecule has 2 aliphatic heterocycles. The Morgan fingerprint density at radius 3 is 2.32 bits per heavy atom. The van der Waals surface area contributed by atoms with Crippen molar-refractivity contribution < 1.29 is 14.7 Å². The van der Waals surface area contributed by atoms with Gasteiger partial charge in [0.1, 0.15) is 6.04 Å². The van der Waals surface area contributed by atoms with Gasteiger partial charge in [-0.2, -0.15) is 0 Å². The van der Waals surface area contributed by atoms with Gasteiger partial charge in [-0.1, -0.05) is 41.9 Å². The molecule has 204 valence electrons. The second-order valence-corrected chi connectivity index (χ2v) is 12.7. The molecule has 0 saturated carbocycles. The van der Waals surface area contributed by atoms with Crippen molar-refractivity contribution in [2.45, 2.75) is 64.0 Å². The molecule has 0 radical (unpaired) electrons. The van der Waals surface area contributed by atoms with E-state index in [1.165, 1.54) is 17.5 Å². The first-order valence-corrected chi connectivity index (χ1v) is 14.3. The number of aryl methyl sites for hydroxylation is 2.